The molecule has 0 aliphatic carbocycles. The van der Waals surface area contributed by atoms with E-state index in [1.165, 1.54) is 0 Å². The Bertz CT molecular complexity index is 1110. The van der Waals surface area contributed by atoms with Crippen LogP contribution in [0.4, 0.5) is 17.5 Å². The quantitative estimate of drug-likeness (QED) is 0.318. The molecule has 0 bridgehead atoms. The Balaban J connectivity index is 2.17. The Labute approximate surface area is 138 Å². The average molecular weight is 319 g/mol. The summed E-state index contributed by atoms with van der Waals surface area (Å²) in [5, 5.41) is 1.91. The lowest BCUT2D eigenvalue weighted by Gasteiger charge is -2.09. The Morgan fingerprint density at radius 3 is 2.62 bits per heavy atom. The number of anilines is 3. The van der Waals surface area contributed by atoms with Crippen molar-refractivity contribution in [3.63, 3.8) is 0 Å². The van der Waals surface area contributed by atoms with Crippen molar-refractivity contribution in [2.24, 2.45) is 7.05 Å². The van der Waals surface area contributed by atoms with Crippen LogP contribution in [-0.4, -0.2) is 9.97 Å². The fourth-order valence-corrected chi connectivity index (χ4v) is 3.25. The summed E-state index contributed by atoms with van der Waals surface area (Å²) in [5.41, 5.74) is 24.0. The highest BCUT2D eigenvalue weighted by atomic mass is 15.0. The SMILES string of the molecule is Cc1ccc(-c2cc3[nH]c(N)nc(N)c3c3cc[n+](C)c23)cc1N. The van der Waals surface area contributed by atoms with Crippen molar-refractivity contribution in [2.75, 3.05) is 17.2 Å². The summed E-state index contributed by atoms with van der Waals surface area (Å²) < 4.78 is 2.08. The molecule has 0 radical (unpaired) electrons. The van der Waals surface area contributed by atoms with Gasteiger partial charge in [-0.25, -0.2) is 4.57 Å². The number of rotatable bonds is 1. The molecule has 2 aromatic carbocycles. The summed E-state index contributed by atoms with van der Waals surface area (Å²) in [5.74, 6) is 0.720. The number of aromatic amines is 1. The molecule has 0 saturated carbocycles. The summed E-state index contributed by atoms with van der Waals surface area (Å²) in [6.45, 7) is 2.00. The summed E-state index contributed by atoms with van der Waals surface area (Å²) in [4.78, 5) is 7.27. The van der Waals surface area contributed by atoms with Crippen LogP contribution in [0.25, 0.3) is 32.9 Å². The van der Waals surface area contributed by atoms with Gasteiger partial charge >= 0.3 is 0 Å². The summed E-state index contributed by atoms with van der Waals surface area (Å²) >= 11 is 0. The Morgan fingerprint density at radius 2 is 1.88 bits per heavy atom. The van der Waals surface area contributed by atoms with Gasteiger partial charge in [0, 0.05) is 11.8 Å². The van der Waals surface area contributed by atoms with E-state index in [0.29, 0.717) is 11.8 Å². The van der Waals surface area contributed by atoms with Crippen molar-refractivity contribution in [3.8, 4) is 11.1 Å². The number of nitrogen functional groups attached to an aromatic ring is 3. The number of nitrogens with zero attached hydrogens (tertiary/aromatic N) is 2. The molecule has 2 aromatic heterocycles. The third kappa shape index (κ3) is 1.96. The van der Waals surface area contributed by atoms with Crippen molar-refractivity contribution in [3.05, 3.63) is 42.1 Å². The smallest absolute Gasteiger partial charge is 0.221 e. The largest absolute Gasteiger partial charge is 0.398 e. The summed E-state index contributed by atoms with van der Waals surface area (Å²) in [7, 11) is 2.01. The highest BCUT2D eigenvalue weighted by Gasteiger charge is 2.20. The molecule has 4 rings (SSSR count). The number of nitrogens with two attached hydrogens (primary N) is 3. The van der Waals surface area contributed by atoms with Gasteiger partial charge < -0.3 is 22.2 Å². The molecule has 2 heterocycles. The minimum atomic E-state index is 0.296. The first-order valence-electron chi connectivity index (χ1n) is 7.68. The predicted molar refractivity (Wildman–Crippen MR) is 98.2 cm³/mol. The fourth-order valence-electron chi connectivity index (χ4n) is 3.25. The molecule has 7 N–H and O–H groups in total. The molecule has 0 fully saturated rings. The van der Waals surface area contributed by atoms with E-state index >= 15 is 0 Å². The molecule has 0 aliphatic rings. The normalized spacial score (nSPS) is 11.4. The maximum absolute atomic E-state index is 6.12. The lowest BCUT2D eigenvalue weighted by atomic mass is 9.98. The van der Waals surface area contributed by atoms with Crippen molar-refractivity contribution in [2.45, 2.75) is 6.92 Å². The maximum atomic E-state index is 6.12. The highest BCUT2D eigenvalue weighted by molar-refractivity contribution is 6.14. The van der Waals surface area contributed by atoms with Crippen LogP contribution in [0.2, 0.25) is 0 Å². The third-order valence-corrected chi connectivity index (χ3v) is 4.51. The number of aromatic nitrogens is 3. The molecular weight excluding hydrogens is 300 g/mol. The number of aryl methyl sites for hydroxylation is 2. The summed E-state index contributed by atoms with van der Waals surface area (Å²) in [6.07, 6.45) is 2.01. The minimum Gasteiger partial charge on any atom is -0.398 e. The average Bonchev–Trinajstić information content (AvgIpc) is 2.90. The van der Waals surface area contributed by atoms with Crippen molar-refractivity contribution < 1.29 is 4.57 Å². The van der Waals surface area contributed by atoms with Crippen LogP contribution in [0.15, 0.2) is 36.5 Å². The zero-order valence-corrected chi connectivity index (χ0v) is 13.6. The maximum Gasteiger partial charge on any atom is 0.221 e. The Morgan fingerprint density at radius 1 is 1.08 bits per heavy atom. The van der Waals surface area contributed by atoms with Gasteiger partial charge in [-0.05, 0) is 30.2 Å². The van der Waals surface area contributed by atoms with Gasteiger partial charge in [0.1, 0.15) is 12.9 Å². The number of H-pyrrole nitrogens is 1. The molecule has 4 aromatic rings. The van der Waals surface area contributed by atoms with Gasteiger partial charge in [-0.15, -0.1) is 0 Å². The Kier molecular flexibility index (Phi) is 2.90. The second-order valence-electron chi connectivity index (χ2n) is 6.11. The van der Waals surface area contributed by atoms with Crippen LogP contribution in [0.1, 0.15) is 5.56 Å². The number of hydrogen-bond donors (Lipinski definition) is 4. The van der Waals surface area contributed by atoms with E-state index in [-0.39, 0.29) is 0 Å². The molecule has 6 nitrogen and oxygen atoms in total. The zero-order chi connectivity index (χ0) is 17.0. The van der Waals surface area contributed by atoms with Crippen LogP contribution in [0, 0.1) is 6.92 Å². The standard InChI is InChI=1S/C18H18N6/c1-9-3-4-10(7-13(9)19)12-8-14-15(17(20)23-18(21)22-14)11-5-6-24(2)16(11)12/h3-8H,19H2,1-2H3,(H4,20,21,22,23)/p+1. The monoisotopic (exact) mass is 319 g/mol. The summed E-state index contributed by atoms with van der Waals surface area (Å²) in [6, 6.07) is 10.2. The molecule has 120 valence electrons. The third-order valence-electron chi connectivity index (χ3n) is 4.51. The van der Waals surface area contributed by atoms with Gasteiger partial charge in [0.05, 0.1) is 21.9 Å². The molecule has 0 atom stereocenters. The van der Waals surface area contributed by atoms with Crippen LogP contribution < -0.4 is 21.8 Å². The number of nitrogens with one attached hydrogen (secondary N) is 1. The van der Waals surface area contributed by atoms with Gasteiger partial charge in [-0.2, -0.15) is 4.98 Å². The van der Waals surface area contributed by atoms with Gasteiger partial charge in [0.15, 0.2) is 12.1 Å². The van der Waals surface area contributed by atoms with E-state index in [2.05, 4.69) is 26.7 Å². The van der Waals surface area contributed by atoms with E-state index in [4.69, 9.17) is 17.2 Å². The van der Waals surface area contributed by atoms with Crippen molar-refractivity contribution in [1.82, 2.24) is 9.97 Å². The highest BCUT2D eigenvalue weighted by Crippen LogP contribution is 2.35. The molecular formula is C18H19N6+. The number of benzene rings is 2. The molecule has 0 unspecified atom stereocenters. The van der Waals surface area contributed by atoms with E-state index < -0.39 is 0 Å². The van der Waals surface area contributed by atoms with E-state index in [9.17, 15) is 0 Å². The first-order valence-corrected chi connectivity index (χ1v) is 7.68. The lowest BCUT2D eigenvalue weighted by molar-refractivity contribution is -0.642. The molecule has 0 spiro atoms. The second-order valence-corrected chi connectivity index (χ2v) is 6.11. The molecule has 0 aliphatic heterocycles. The topological polar surface area (TPSA) is 111 Å². The molecule has 6 heteroatoms. The Hall–Kier alpha value is -3.28. The zero-order valence-electron chi connectivity index (χ0n) is 13.6. The first kappa shape index (κ1) is 14.3. The van der Waals surface area contributed by atoms with E-state index in [0.717, 1.165) is 44.2 Å². The van der Waals surface area contributed by atoms with Crippen molar-refractivity contribution in [1.29, 1.82) is 0 Å². The van der Waals surface area contributed by atoms with Gasteiger partial charge in [0.25, 0.3) is 0 Å². The van der Waals surface area contributed by atoms with Gasteiger partial charge in [-0.3, -0.25) is 0 Å². The molecule has 0 saturated heterocycles. The van der Waals surface area contributed by atoms with E-state index in [1.807, 2.05) is 38.4 Å². The van der Waals surface area contributed by atoms with Crippen LogP contribution in [0.3, 0.4) is 0 Å². The van der Waals surface area contributed by atoms with Gasteiger partial charge in [0.2, 0.25) is 5.52 Å². The molecule has 24 heavy (non-hydrogen) atoms. The van der Waals surface area contributed by atoms with Crippen LogP contribution in [0.5, 0.6) is 0 Å². The van der Waals surface area contributed by atoms with Crippen molar-refractivity contribution >= 4 is 39.3 Å². The predicted octanol–water partition coefficient (Wildman–Crippen LogP) is 2.26. The van der Waals surface area contributed by atoms with E-state index in [1.54, 1.807) is 0 Å². The fraction of sp³-hybridized carbons (Fsp3) is 0.111. The van der Waals surface area contributed by atoms with Crippen LogP contribution in [-0.2, 0) is 7.05 Å². The number of fused-ring (bicyclic) bond motifs is 3. The van der Waals surface area contributed by atoms with Crippen LogP contribution >= 0.6 is 0 Å². The lowest BCUT2D eigenvalue weighted by Crippen LogP contribution is -2.25. The second kappa shape index (κ2) is 4.86. The first-order chi connectivity index (χ1) is 11.5. The van der Waals surface area contributed by atoms with Gasteiger partial charge in [-0.1, -0.05) is 12.1 Å². The minimum absolute atomic E-state index is 0.296. The number of hydrogen-bond acceptors (Lipinski definition) is 4. The molecule has 0 amide bonds.